The van der Waals surface area contributed by atoms with E-state index in [-0.39, 0.29) is 0 Å². The predicted octanol–water partition coefficient (Wildman–Crippen LogP) is 3.64. The number of hydrogen-bond acceptors (Lipinski definition) is 2. The first-order valence-electron chi connectivity index (χ1n) is 4.64. The van der Waals surface area contributed by atoms with E-state index in [0.29, 0.717) is 10.7 Å². The maximum absolute atomic E-state index is 6.12. The minimum atomic E-state index is 0.652. The van der Waals surface area contributed by atoms with Gasteiger partial charge in [-0.25, -0.2) is 0 Å². The van der Waals surface area contributed by atoms with Gasteiger partial charge < -0.3 is 5.73 Å². The van der Waals surface area contributed by atoms with Gasteiger partial charge in [0.1, 0.15) is 0 Å². The van der Waals surface area contributed by atoms with E-state index in [2.05, 4.69) is 0 Å². The molecule has 15 heavy (non-hydrogen) atoms. The van der Waals surface area contributed by atoms with Crippen LogP contribution in [0.15, 0.2) is 36.4 Å². The van der Waals surface area contributed by atoms with Crippen molar-refractivity contribution >= 4 is 39.9 Å². The molecular weight excluding hydrogens is 226 g/mol. The first-order valence-corrected chi connectivity index (χ1v) is 5.42. The molecule has 0 spiro atoms. The van der Waals surface area contributed by atoms with Gasteiger partial charge in [0.2, 0.25) is 0 Å². The van der Waals surface area contributed by atoms with E-state index >= 15 is 0 Å². The quantitative estimate of drug-likeness (QED) is 0.594. The van der Waals surface area contributed by atoms with Gasteiger partial charge in [-0.2, -0.15) is 0 Å². The minimum Gasteiger partial charge on any atom is -0.399 e. The molecule has 1 aromatic rings. The number of hydrogen-bond donors (Lipinski definition) is 1. The van der Waals surface area contributed by atoms with Gasteiger partial charge in [0.25, 0.3) is 0 Å². The fraction of sp³-hybridized carbons (Fsp3) is 0.0833. The smallest absolute Gasteiger partial charge is 0.0505 e. The van der Waals surface area contributed by atoms with Gasteiger partial charge in [0.05, 0.1) is 5.02 Å². The SMILES string of the molecule is Nc1ccc(C2=CC=CCC2=S)c(Cl)c1. The molecule has 1 nitrogen and oxygen atoms in total. The Balaban J connectivity index is 2.49. The first-order chi connectivity index (χ1) is 7.18. The molecule has 0 heterocycles. The minimum absolute atomic E-state index is 0.652. The molecule has 2 rings (SSSR count). The molecule has 0 saturated heterocycles. The van der Waals surface area contributed by atoms with Gasteiger partial charge in [-0.05, 0) is 17.7 Å². The van der Waals surface area contributed by atoms with Crippen LogP contribution in [0.25, 0.3) is 5.57 Å². The lowest BCUT2D eigenvalue weighted by Gasteiger charge is -2.12. The maximum Gasteiger partial charge on any atom is 0.0505 e. The number of halogens is 1. The average Bonchev–Trinajstić information content (AvgIpc) is 2.20. The lowest BCUT2D eigenvalue weighted by atomic mass is 9.97. The van der Waals surface area contributed by atoms with Gasteiger partial charge >= 0.3 is 0 Å². The molecule has 1 aliphatic rings. The molecule has 1 aliphatic carbocycles. The molecule has 0 fully saturated rings. The summed E-state index contributed by atoms with van der Waals surface area (Å²) in [6.45, 7) is 0. The molecule has 2 N–H and O–H groups in total. The number of allylic oxidation sites excluding steroid dienone is 4. The van der Waals surface area contributed by atoms with Gasteiger partial charge in [-0.1, -0.05) is 48.1 Å². The summed E-state index contributed by atoms with van der Waals surface area (Å²) in [4.78, 5) is 0.921. The van der Waals surface area contributed by atoms with Crippen molar-refractivity contribution < 1.29 is 0 Å². The molecule has 3 heteroatoms. The normalized spacial score (nSPS) is 15.3. The van der Waals surface area contributed by atoms with Crippen molar-refractivity contribution in [1.29, 1.82) is 0 Å². The van der Waals surface area contributed by atoms with Crippen molar-refractivity contribution in [3.05, 3.63) is 47.0 Å². The van der Waals surface area contributed by atoms with Gasteiger partial charge in [0.15, 0.2) is 0 Å². The second kappa shape index (κ2) is 4.17. The highest BCUT2D eigenvalue weighted by atomic mass is 35.5. The summed E-state index contributed by atoms with van der Waals surface area (Å²) in [6, 6.07) is 5.50. The van der Waals surface area contributed by atoms with Crippen LogP contribution < -0.4 is 5.73 Å². The van der Waals surface area contributed by atoms with Crippen LogP contribution in [0.2, 0.25) is 5.02 Å². The summed E-state index contributed by atoms with van der Waals surface area (Å²) in [7, 11) is 0. The van der Waals surface area contributed by atoms with Crippen molar-refractivity contribution in [2.45, 2.75) is 6.42 Å². The zero-order valence-electron chi connectivity index (χ0n) is 8.03. The van der Waals surface area contributed by atoms with Crippen molar-refractivity contribution in [2.24, 2.45) is 0 Å². The number of nitrogens with two attached hydrogens (primary N) is 1. The number of nitrogen functional groups attached to an aromatic ring is 1. The van der Waals surface area contributed by atoms with E-state index in [1.165, 1.54) is 0 Å². The average molecular weight is 236 g/mol. The highest BCUT2D eigenvalue weighted by molar-refractivity contribution is 7.81. The van der Waals surface area contributed by atoms with Gasteiger partial charge in [-0.15, -0.1) is 0 Å². The Labute approximate surface area is 99.2 Å². The van der Waals surface area contributed by atoms with Crippen LogP contribution in [0, 0.1) is 0 Å². The number of thiocarbonyl (C=S) groups is 1. The summed E-state index contributed by atoms with van der Waals surface area (Å²) in [5, 5.41) is 0.652. The number of benzene rings is 1. The molecule has 0 amide bonds. The second-order valence-corrected chi connectivity index (χ2v) is 4.28. The fourth-order valence-corrected chi connectivity index (χ4v) is 2.10. The van der Waals surface area contributed by atoms with Crippen LogP contribution in [0.4, 0.5) is 5.69 Å². The fourth-order valence-electron chi connectivity index (χ4n) is 1.53. The Morgan fingerprint density at radius 2 is 2.13 bits per heavy atom. The molecular formula is C12H10ClNS. The van der Waals surface area contributed by atoms with Crippen molar-refractivity contribution in [3.63, 3.8) is 0 Å². The van der Waals surface area contributed by atoms with E-state index in [0.717, 1.165) is 22.4 Å². The van der Waals surface area contributed by atoms with Crippen molar-refractivity contribution in [3.8, 4) is 0 Å². The summed E-state index contributed by atoms with van der Waals surface area (Å²) in [6.07, 6.45) is 6.83. The Bertz CT molecular complexity index is 475. The number of anilines is 1. The molecule has 0 radical (unpaired) electrons. The van der Waals surface area contributed by atoms with Gasteiger partial charge in [-0.3, -0.25) is 0 Å². The van der Waals surface area contributed by atoms with Crippen LogP contribution in [0.5, 0.6) is 0 Å². The Kier molecular flexibility index (Phi) is 2.89. The van der Waals surface area contributed by atoms with Gasteiger partial charge in [0, 0.05) is 22.5 Å². The van der Waals surface area contributed by atoms with Crippen molar-refractivity contribution in [2.75, 3.05) is 5.73 Å². The molecule has 0 unspecified atom stereocenters. The highest BCUT2D eigenvalue weighted by Gasteiger charge is 2.12. The topological polar surface area (TPSA) is 26.0 Å². The van der Waals surface area contributed by atoms with E-state index in [9.17, 15) is 0 Å². The van der Waals surface area contributed by atoms with Crippen LogP contribution in [0.1, 0.15) is 12.0 Å². The van der Waals surface area contributed by atoms with Crippen LogP contribution in [-0.2, 0) is 0 Å². The maximum atomic E-state index is 6.12. The van der Waals surface area contributed by atoms with E-state index in [1.807, 2.05) is 30.4 Å². The molecule has 0 atom stereocenters. The van der Waals surface area contributed by atoms with E-state index < -0.39 is 0 Å². The van der Waals surface area contributed by atoms with Crippen LogP contribution >= 0.6 is 23.8 Å². The van der Waals surface area contributed by atoms with E-state index in [1.54, 1.807) is 6.07 Å². The Morgan fingerprint density at radius 3 is 2.80 bits per heavy atom. The number of rotatable bonds is 1. The Morgan fingerprint density at radius 1 is 1.33 bits per heavy atom. The molecule has 0 bridgehead atoms. The third kappa shape index (κ3) is 2.11. The molecule has 0 aliphatic heterocycles. The first kappa shape index (κ1) is 10.4. The molecule has 0 aromatic heterocycles. The van der Waals surface area contributed by atoms with Crippen molar-refractivity contribution in [1.82, 2.24) is 0 Å². The Hall–Kier alpha value is -1.12. The zero-order valence-corrected chi connectivity index (χ0v) is 9.61. The van der Waals surface area contributed by atoms with Crippen LogP contribution in [-0.4, -0.2) is 4.86 Å². The lowest BCUT2D eigenvalue weighted by molar-refractivity contribution is 1.49. The summed E-state index contributed by atoms with van der Waals surface area (Å²) >= 11 is 11.4. The largest absolute Gasteiger partial charge is 0.399 e. The monoisotopic (exact) mass is 235 g/mol. The lowest BCUT2D eigenvalue weighted by Crippen LogP contribution is -2.01. The zero-order chi connectivity index (χ0) is 10.8. The summed E-state index contributed by atoms with van der Waals surface area (Å²) in [5.74, 6) is 0. The molecule has 1 aromatic carbocycles. The highest BCUT2D eigenvalue weighted by Crippen LogP contribution is 2.29. The summed E-state index contributed by atoms with van der Waals surface area (Å²) < 4.78 is 0. The predicted molar refractivity (Wildman–Crippen MR) is 70.2 cm³/mol. The molecule has 0 saturated carbocycles. The standard InChI is InChI=1S/C12H10ClNS/c13-11-7-8(14)5-6-9(11)10-3-1-2-4-12(10)15/h1-3,5-7H,4,14H2. The summed E-state index contributed by atoms with van der Waals surface area (Å²) in [5.41, 5.74) is 8.29. The third-order valence-electron chi connectivity index (χ3n) is 2.29. The molecule has 76 valence electrons. The second-order valence-electron chi connectivity index (χ2n) is 3.38. The third-order valence-corrected chi connectivity index (χ3v) is 2.99. The van der Waals surface area contributed by atoms with Crippen LogP contribution in [0.3, 0.4) is 0 Å². The van der Waals surface area contributed by atoms with E-state index in [4.69, 9.17) is 29.6 Å².